The number of H-pyrrole nitrogens is 1. The lowest BCUT2D eigenvalue weighted by atomic mass is 9.99. The van der Waals surface area contributed by atoms with E-state index in [0.29, 0.717) is 43.6 Å². The Balaban J connectivity index is 1.36. The number of anilines is 1. The van der Waals surface area contributed by atoms with Gasteiger partial charge in [0.15, 0.2) is 0 Å². The molecule has 1 amide bonds. The monoisotopic (exact) mass is 389 g/mol. The fourth-order valence-electron chi connectivity index (χ4n) is 4.59. The summed E-state index contributed by atoms with van der Waals surface area (Å²) < 4.78 is 5.35. The number of morpholine rings is 1. The highest BCUT2D eigenvalue weighted by atomic mass is 16.5. The standard InChI is InChI=1S/C20H31N5O3/c1-15-17(19(27)22-20(21-15)24-10-12-28-13-11-24)5-6-18(26)25-9-8-23-7-3-2-4-16(23)14-25/h16H,2-14H2,1H3,(H,21,22,27). The van der Waals surface area contributed by atoms with Gasteiger partial charge in [-0.15, -0.1) is 0 Å². The van der Waals surface area contributed by atoms with Crippen LogP contribution in [0.15, 0.2) is 4.79 Å². The van der Waals surface area contributed by atoms with Gasteiger partial charge in [0.1, 0.15) is 0 Å². The molecular formula is C20H31N5O3. The van der Waals surface area contributed by atoms with Crippen molar-refractivity contribution in [3.05, 3.63) is 21.6 Å². The van der Waals surface area contributed by atoms with Crippen molar-refractivity contribution in [1.82, 2.24) is 19.8 Å². The van der Waals surface area contributed by atoms with Crippen LogP contribution < -0.4 is 10.5 Å². The summed E-state index contributed by atoms with van der Waals surface area (Å²) in [5, 5.41) is 0. The Labute approximate surface area is 165 Å². The van der Waals surface area contributed by atoms with E-state index in [1.54, 1.807) is 0 Å². The van der Waals surface area contributed by atoms with Gasteiger partial charge in [0.05, 0.1) is 13.2 Å². The highest BCUT2D eigenvalue weighted by molar-refractivity contribution is 5.76. The van der Waals surface area contributed by atoms with E-state index in [1.165, 1.54) is 25.8 Å². The Bertz CT molecular complexity index is 759. The molecule has 1 N–H and O–H groups in total. The molecule has 28 heavy (non-hydrogen) atoms. The molecule has 4 rings (SSSR count). The van der Waals surface area contributed by atoms with Crippen molar-refractivity contribution in [2.45, 2.75) is 45.1 Å². The van der Waals surface area contributed by atoms with E-state index in [0.717, 1.165) is 38.4 Å². The lowest BCUT2D eigenvalue weighted by molar-refractivity contribution is -0.134. The number of nitrogens with one attached hydrogen (secondary N) is 1. The highest BCUT2D eigenvalue weighted by Crippen LogP contribution is 2.21. The van der Waals surface area contributed by atoms with E-state index in [9.17, 15) is 9.59 Å². The van der Waals surface area contributed by atoms with E-state index >= 15 is 0 Å². The predicted molar refractivity (Wildman–Crippen MR) is 107 cm³/mol. The maximum absolute atomic E-state index is 12.7. The van der Waals surface area contributed by atoms with Gasteiger partial charge >= 0.3 is 0 Å². The van der Waals surface area contributed by atoms with Gasteiger partial charge in [-0.2, -0.15) is 0 Å². The highest BCUT2D eigenvalue weighted by Gasteiger charge is 2.30. The van der Waals surface area contributed by atoms with Crippen LogP contribution in [-0.2, 0) is 16.0 Å². The summed E-state index contributed by atoms with van der Waals surface area (Å²) in [6, 6.07) is 0.520. The minimum atomic E-state index is -0.126. The third-order valence-corrected chi connectivity index (χ3v) is 6.30. The zero-order valence-corrected chi connectivity index (χ0v) is 16.8. The Morgan fingerprint density at radius 1 is 1.18 bits per heavy atom. The molecule has 3 saturated heterocycles. The van der Waals surface area contributed by atoms with Crippen LogP contribution in [0.5, 0.6) is 0 Å². The SMILES string of the molecule is Cc1nc(N2CCOCC2)[nH]c(=O)c1CCC(=O)N1CCN2CCCCC2C1. The molecule has 0 saturated carbocycles. The molecule has 0 bridgehead atoms. The molecule has 4 heterocycles. The number of amides is 1. The molecule has 8 nitrogen and oxygen atoms in total. The number of nitrogens with zero attached hydrogens (tertiary/aromatic N) is 4. The molecule has 0 radical (unpaired) electrons. The summed E-state index contributed by atoms with van der Waals surface area (Å²) in [5.41, 5.74) is 1.22. The molecule has 1 unspecified atom stereocenters. The molecule has 0 aromatic carbocycles. The normalized spacial score (nSPS) is 23.5. The van der Waals surface area contributed by atoms with Gasteiger partial charge in [0.2, 0.25) is 11.9 Å². The fraction of sp³-hybridized carbons (Fsp3) is 0.750. The van der Waals surface area contributed by atoms with Crippen LogP contribution >= 0.6 is 0 Å². The average molecular weight is 390 g/mol. The first-order chi connectivity index (χ1) is 13.6. The quantitative estimate of drug-likeness (QED) is 0.810. The molecule has 154 valence electrons. The first-order valence-electron chi connectivity index (χ1n) is 10.6. The topological polar surface area (TPSA) is 81.8 Å². The lowest BCUT2D eigenvalue weighted by Gasteiger charge is -2.44. The molecule has 0 aliphatic carbocycles. The van der Waals surface area contributed by atoms with Crippen molar-refractivity contribution >= 4 is 11.9 Å². The number of aryl methyl sites for hydroxylation is 1. The number of carbonyl (C=O) groups excluding carboxylic acids is 1. The van der Waals surface area contributed by atoms with Crippen molar-refractivity contribution in [3.63, 3.8) is 0 Å². The number of ether oxygens (including phenoxy) is 1. The second-order valence-corrected chi connectivity index (χ2v) is 8.08. The van der Waals surface area contributed by atoms with Crippen molar-refractivity contribution in [3.8, 4) is 0 Å². The van der Waals surface area contributed by atoms with E-state index < -0.39 is 0 Å². The predicted octanol–water partition coefficient (Wildman–Crippen LogP) is 0.544. The van der Waals surface area contributed by atoms with E-state index in [-0.39, 0.29) is 11.5 Å². The van der Waals surface area contributed by atoms with Crippen molar-refractivity contribution in [1.29, 1.82) is 0 Å². The summed E-state index contributed by atoms with van der Waals surface area (Å²) in [6.45, 7) is 8.40. The minimum absolute atomic E-state index is 0.126. The molecule has 1 aromatic heterocycles. The summed E-state index contributed by atoms with van der Waals surface area (Å²) in [7, 11) is 0. The number of fused-ring (bicyclic) bond motifs is 1. The third kappa shape index (κ3) is 4.22. The van der Waals surface area contributed by atoms with Gasteiger partial charge in [0, 0.05) is 56.4 Å². The first kappa shape index (κ1) is 19.4. The van der Waals surface area contributed by atoms with Gasteiger partial charge in [0.25, 0.3) is 5.56 Å². The van der Waals surface area contributed by atoms with Crippen molar-refractivity contribution in [2.24, 2.45) is 0 Å². The number of aromatic nitrogens is 2. The molecule has 1 aromatic rings. The van der Waals surface area contributed by atoms with Crippen molar-refractivity contribution in [2.75, 3.05) is 57.4 Å². The second kappa shape index (κ2) is 8.61. The number of hydrogen-bond donors (Lipinski definition) is 1. The number of piperidine rings is 1. The number of aromatic amines is 1. The zero-order chi connectivity index (χ0) is 19.5. The van der Waals surface area contributed by atoms with Crippen LogP contribution in [0.1, 0.15) is 36.9 Å². The zero-order valence-electron chi connectivity index (χ0n) is 16.8. The molecule has 8 heteroatoms. The van der Waals surface area contributed by atoms with Crippen LogP contribution in [0.2, 0.25) is 0 Å². The Morgan fingerprint density at radius 3 is 2.79 bits per heavy atom. The Kier molecular flexibility index (Phi) is 5.96. The molecule has 3 fully saturated rings. The Hall–Kier alpha value is -1.93. The summed E-state index contributed by atoms with van der Waals surface area (Å²) >= 11 is 0. The van der Waals surface area contributed by atoms with Crippen molar-refractivity contribution < 1.29 is 9.53 Å². The van der Waals surface area contributed by atoms with Crippen LogP contribution in [0, 0.1) is 6.92 Å². The van der Waals surface area contributed by atoms with Crippen LogP contribution in [-0.4, -0.2) is 84.2 Å². The van der Waals surface area contributed by atoms with Gasteiger partial charge in [-0.1, -0.05) is 6.42 Å². The minimum Gasteiger partial charge on any atom is -0.378 e. The number of hydrogen-bond acceptors (Lipinski definition) is 6. The summed E-state index contributed by atoms with van der Waals surface area (Å²) in [5.74, 6) is 0.760. The molecule has 1 atom stereocenters. The van der Waals surface area contributed by atoms with Gasteiger partial charge in [-0.25, -0.2) is 4.98 Å². The van der Waals surface area contributed by atoms with Gasteiger partial charge in [-0.05, 0) is 32.7 Å². The Morgan fingerprint density at radius 2 is 2.00 bits per heavy atom. The van der Waals surface area contributed by atoms with Gasteiger partial charge < -0.3 is 14.5 Å². The van der Waals surface area contributed by atoms with Gasteiger partial charge in [-0.3, -0.25) is 19.5 Å². The second-order valence-electron chi connectivity index (χ2n) is 8.08. The molecule has 0 spiro atoms. The number of piperazine rings is 1. The van der Waals surface area contributed by atoms with E-state index in [1.807, 2.05) is 16.7 Å². The van der Waals surface area contributed by atoms with Crippen LogP contribution in [0.25, 0.3) is 0 Å². The fourth-order valence-corrected chi connectivity index (χ4v) is 4.59. The maximum atomic E-state index is 12.7. The largest absolute Gasteiger partial charge is 0.378 e. The van der Waals surface area contributed by atoms with E-state index in [4.69, 9.17) is 4.74 Å². The van der Waals surface area contributed by atoms with E-state index in [2.05, 4.69) is 14.9 Å². The van der Waals surface area contributed by atoms with Crippen LogP contribution in [0.3, 0.4) is 0 Å². The first-order valence-corrected chi connectivity index (χ1v) is 10.6. The summed E-state index contributed by atoms with van der Waals surface area (Å²) in [6.07, 6.45) is 4.55. The molecule has 3 aliphatic rings. The smallest absolute Gasteiger partial charge is 0.255 e. The average Bonchev–Trinajstić information content (AvgIpc) is 2.73. The molecular weight excluding hydrogens is 358 g/mol. The summed E-state index contributed by atoms with van der Waals surface area (Å²) in [4.78, 5) is 39.4. The lowest BCUT2D eigenvalue weighted by Crippen LogP contribution is -2.56. The van der Waals surface area contributed by atoms with Crippen LogP contribution in [0.4, 0.5) is 5.95 Å². The molecule has 3 aliphatic heterocycles. The maximum Gasteiger partial charge on any atom is 0.255 e. The number of carbonyl (C=O) groups is 1. The number of rotatable bonds is 4. The third-order valence-electron chi connectivity index (χ3n) is 6.30.